The van der Waals surface area contributed by atoms with Crippen LogP contribution in [0.1, 0.15) is 40.5 Å². The van der Waals surface area contributed by atoms with Crippen molar-refractivity contribution in [2.45, 2.75) is 45.3 Å². The molecule has 0 rings (SSSR count). The summed E-state index contributed by atoms with van der Waals surface area (Å²) in [6.07, 6.45) is 1.46. The summed E-state index contributed by atoms with van der Waals surface area (Å²) in [5.41, 5.74) is 0. The Hall–Kier alpha value is -0.0900. The second-order valence-corrected chi connectivity index (χ2v) is 5.91. The summed E-state index contributed by atoms with van der Waals surface area (Å²) in [4.78, 5) is 0. The fraction of sp³-hybridized carbons (Fsp3) is 1.00. The van der Waals surface area contributed by atoms with Crippen LogP contribution in [0.4, 0.5) is 0 Å². The van der Waals surface area contributed by atoms with Crippen molar-refractivity contribution >= 4 is 10.0 Å². The lowest BCUT2D eigenvalue weighted by Gasteiger charge is -2.22. The van der Waals surface area contributed by atoms with Crippen LogP contribution >= 0.6 is 0 Å². The first-order chi connectivity index (χ1) is 5.37. The lowest BCUT2D eigenvalue weighted by molar-refractivity contribution is 0.524. The SMILES string of the molecule is CCCNS(=O)(=O)C(C)(C)CC. The smallest absolute Gasteiger partial charge is 0.215 e. The van der Waals surface area contributed by atoms with E-state index in [9.17, 15) is 8.42 Å². The summed E-state index contributed by atoms with van der Waals surface area (Å²) >= 11 is 0. The normalized spacial score (nSPS) is 13.3. The molecule has 0 saturated heterocycles. The lowest BCUT2D eigenvalue weighted by atomic mass is 10.1. The van der Waals surface area contributed by atoms with Crippen molar-refractivity contribution < 1.29 is 8.42 Å². The maximum absolute atomic E-state index is 11.5. The van der Waals surface area contributed by atoms with E-state index >= 15 is 0 Å². The van der Waals surface area contributed by atoms with Crippen LogP contribution in [0.15, 0.2) is 0 Å². The van der Waals surface area contributed by atoms with Gasteiger partial charge in [-0.25, -0.2) is 13.1 Å². The third kappa shape index (κ3) is 2.75. The predicted molar refractivity (Wildman–Crippen MR) is 51.6 cm³/mol. The molecule has 1 N–H and O–H groups in total. The van der Waals surface area contributed by atoms with E-state index in [2.05, 4.69) is 4.72 Å². The Kier molecular flexibility index (Phi) is 4.20. The molecule has 0 aromatic heterocycles. The second-order valence-electron chi connectivity index (χ2n) is 3.51. The van der Waals surface area contributed by atoms with Crippen molar-refractivity contribution in [3.8, 4) is 0 Å². The van der Waals surface area contributed by atoms with Crippen molar-refractivity contribution in [2.24, 2.45) is 0 Å². The van der Waals surface area contributed by atoms with Gasteiger partial charge in [0.1, 0.15) is 0 Å². The molecule has 12 heavy (non-hydrogen) atoms. The first-order valence-electron chi connectivity index (χ1n) is 4.36. The van der Waals surface area contributed by atoms with Crippen LogP contribution in [0, 0.1) is 0 Å². The Morgan fingerprint density at radius 2 is 1.75 bits per heavy atom. The van der Waals surface area contributed by atoms with Gasteiger partial charge in [0.15, 0.2) is 0 Å². The Bertz CT molecular complexity index is 219. The Morgan fingerprint density at radius 1 is 1.25 bits per heavy atom. The van der Waals surface area contributed by atoms with Crippen LogP contribution in [-0.4, -0.2) is 19.7 Å². The van der Waals surface area contributed by atoms with Crippen molar-refractivity contribution in [2.75, 3.05) is 6.54 Å². The van der Waals surface area contributed by atoms with Crippen molar-refractivity contribution in [1.82, 2.24) is 4.72 Å². The molecule has 3 nitrogen and oxygen atoms in total. The molecule has 0 aromatic rings. The molecule has 74 valence electrons. The van der Waals surface area contributed by atoms with E-state index in [-0.39, 0.29) is 0 Å². The minimum atomic E-state index is -3.12. The maximum Gasteiger partial charge on any atom is 0.216 e. The number of sulfonamides is 1. The summed E-state index contributed by atoms with van der Waals surface area (Å²) in [7, 11) is -3.12. The van der Waals surface area contributed by atoms with Gasteiger partial charge in [-0.1, -0.05) is 13.8 Å². The summed E-state index contributed by atoms with van der Waals surface area (Å²) < 4.78 is 25.0. The van der Waals surface area contributed by atoms with Gasteiger partial charge in [-0.2, -0.15) is 0 Å². The van der Waals surface area contributed by atoms with Gasteiger partial charge >= 0.3 is 0 Å². The van der Waals surface area contributed by atoms with E-state index < -0.39 is 14.8 Å². The highest BCUT2D eigenvalue weighted by atomic mass is 32.2. The molecule has 0 amide bonds. The third-order valence-corrected chi connectivity index (χ3v) is 4.45. The molecule has 0 atom stereocenters. The first-order valence-corrected chi connectivity index (χ1v) is 5.85. The minimum absolute atomic E-state index is 0.533. The molecule has 0 heterocycles. The molecule has 0 aromatic carbocycles. The second kappa shape index (κ2) is 4.23. The molecule has 0 bridgehead atoms. The average Bonchev–Trinajstić information content (AvgIpc) is 2.00. The van der Waals surface area contributed by atoms with Crippen LogP contribution < -0.4 is 4.72 Å². The van der Waals surface area contributed by atoms with Crippen LogP contribution in [-0.2, 0) is 10.0 Å². The molecule has 0 saturated carbocycles. The summed E-state index contributed by atoms with van der Waals surface area (Å²) in [6.45, 7) is 7.84. The Morgan fingerprint density at radius 3 is 2.08 bits per heavy atom. The Labute approximate surface area is 75.6 Å². The van der Waals surface area contributed by atoms with Gasteiger partial charge in [-0.15, -0.1) is 0 Å². The monoisotopic (exact) mass is 193 g/mol. The molecular weight excluding hydrogens is 174 g/mol. The molecule has 0 radical (unpaired) electrons. The predicted octanol–water partition coefficient (Wildman–Crippen LogP) is 1.50. The van der Waals surface area contributed by atoms with Crippen molar-refractivity contribution in [3.63, 3.8) is 0 Å². The average molecular weight is 193 g/mol. The molecule has 0 fully saturated rings. The largest absolute Gasteiger partial charge is 0.216 e. The standard InChI is InChI=1S/C8H19NO2S/c1-5-7-9-12(10,11)8(3,4)6-2/h9H,5-7H2,1-4H3. The van der Waals surface area contributed by atoms with Crippen molar-refractivity contribution in [1.29, 1.82) is 0 Å². The van der Waals surface area contributed by atoms with Crippen LogP contribution in [0.2, 0.25) is 0 Å². The van der Waals surface area contributed by atoms with Gasteiger partial charge in [0.25, 0.3) is 0 Å². The van der Waals surface area contributed by atoms with Gasteiger partial charge in [0.05, 0.1) is 4.75 Å². The summed E-state index contributed by atoms with van der Waals surface area (Å²) in [5.74, 6) is 0. The highest BCUT2D eigenvalue weighted by Crippen LogP contribution is 2.18. The maximum atomic E-state index is 11.5. The third-order valence-electron chi connectivity index (χ3n) is 2.12. The van der Waals surface area contributed by atoms with E-state index in [0.29, 0.717) is 13.0 Å². The van der Waals surface area contributed by atoms with E-state index in [4.69, 9.17) is 0 Å². The minimum Gasteiger partial charge on any atom is -0.215 e. The first kappa shape index (κ1) is 11.9. The molecule has 4 heteroatoms. The fourth-order valence-electron chi connectivity index (χ4n) is 0.622. The van der Waals surface area contributed by atoms with Gasteiger partial charge in [0, 0.05) is 6.54 Å². The molecular formula is C8H19NO2S. The number of hydrogen-bond acceptors (Lipinski definition) is 2. The topological polar surface area (TPSA) is 46.2 Å². The van der Waals surface area contributed by atoms with Crippen molar-refractivity contribution in [3.05, 3.63) is 0 Å². The van der Waals surface area contributed by atoms with E-state index in [0.717, 1.165) is 6.42 Å². The zero-order valence-corrected chi connectivity index (χ0v) is 9.16. The summed E-state index contributed by atoms with van der Waals surface area (Å²) in [6, 6.07) is 0. The van der Waals surface area contributed by atoms with Crippen LogP contribution in [0.3, 0.4) is 0 Å². The number of nitrogens with one attached hydrogen (secondary N) is 1. The highest BCUT2D eigenvalue weighted by Gasteiger charge is 2.31. The van der Waals surface area contributed by atoms with E-state index in [1.165, 1.54) is 0 Å². The number of rotatable bonds is 5. The molecule has 0 spiro atoms. The highest BCUT2D eigenvalue weighted by molar-refractivity contribution is 7.90. The van der Waals surface area contributed by atoms with Gasteiger partial charge in [-0.05, 0) is 26.7 Å². The van der Waals surface area contributed by atoms with Crippen LogP contribution in [0.5, 0.6) is 0 Å². The lowest BCUT2D eigenvalue weighted by Crippen LogP contribution is -2.41. The van der Waals surface area contributed by atoms with E-state index in [1.54, 1.807) is 13.8 Å². The number of hydrogen-bond donors (Lipinski definition) is 1. The Balaban J connectivity index is 4.40. The van der Waals surface area contributed by atoms with Gasteiger partial charge < -0.3 is 0 Å². The van der Waals surface area contributed by atoms with Gasteiger partial charge in [0.2, 0.25) is 10.0 Å². The van der Waals surface area contributed by atoms with Crippen LogP contribution in [0.25, 0.3) is 0 Å². The zero-order valence-electron chi connectivity index (χ0n) is 8.35. The summed E-state index contributed by atoms with van der Waals surface area (Å²) in [5, 5.41) is 0. The van der Waals surface area contributed by atoms with Gasteiger partial charge in [-0.3, -0.25) is 0 Å². The molecule has 0 unspecified atom stereocenters. The van der Waals surface area contributed by atoms with E-state index in [1.807, 2.05) is 13.8 Å². The fourth-order valence-corrected chi connectivity index (χ4v) is 1.87. The zero-order chi connectivity index (χ0) is 9.83. The molecule has 0 aliphatic carbocycles. The quantitative estimate of drug-likeness (QED) is 0.719. The molecule has 0 aliphatic heterocycles. The molecule has 0 aliphatic rings.